The van der Waals surface area contributed by atoms with E-state index in [0.717, 1.165) is 24.5 Å². The Kier molecular flexibility index (Phi) is 6.08. The van der Waals surface area contributed by atoms with Crippen LogP contribution in [-0.2, 0) is 14.8 Å². The van der Waals surface area contributed by atoms with Crippen molar-refractivity contribution in [3.8, 4) is 0 Å². The van der Waals surface area contributed by atoms with E-state index in [1.165, 1.54) is 0 Å². The summed E-state index contributed by atoms with van der Waals surface area (Å²) in [5.74, 6) is -2.70. The summed E-state index contributed by atoms with van der Waals surface area (Å²) in [4.78, 5) is 23.2. The third kappa shape index (κ3) is 6.23. The molecule has 0 fully saturated rings. The van der Waals surface area contributed by atoms with Crippen molar-refractivity contribution in [3.05, 3.63) is 29.6 Å². The SMILES string of the molecule is CC(C)C[C@@H](NC(=O)c1ccc(F)c(NS(C)(=O)=O)c1)C(=O)O. The molecular weight excluding hydrogens is 327 g/mol. The number of rotatable bonds is 7. The number of hydrogen-bond donors (Lipinski definition) is 3. The predicted octanol–water partition coefficient (Wildman–Crippen LogP) is 1.43. The van der Waals surface area contributed by atoms with E-state index in [-0.39, 0.29) is 23.6 Å². The monoisotopic (exact) mass is 346 g/mol. The van der Waals surface area contributed by atoms with Crippen LogP contribution in [0.15, 0.2) is 18.2 Å². The molecule has 0 heterocycles. The molecule has 128 valence electrons. The Morgan fingerprint density at radius 3 is 2.39 bits per heavy atom. The van der Waals surface area contributed by atoms with Crippen LogP contribution in [0.25, 0.3) is 0 Å². The molecule has 0 aliphatic rings. The van der Waals surface area contributed by atoms with Crippen molar-refractivity contribution in [2.24, 2.45) is 5.92 Å². The third-order valence-corrected chi connectivity index (χ3v) is 3.43. The summed E-state index contributed by atoms with van der Waals surface area (Å²) in [6, 6.07) is 2.01. The first-order valence-electron chi connectivity index (χ1n) is 6.80. The second-order valence-corrected chi connectivity index (χ2v) is 7.31. The minimum atomic E-state index is -3.71. The Balaban J connectivity index is 2.99. The Morgan fingerprint density at radius 2 is 1.91 bits per heavy atom. The molecule has 7 nitrogen and oxygen atoms in total. The molecule has 0 saturated carbocycles. The largest absolute Gasteiger partial charge is 0.480 e. The van der Waals surface area contributed by atoms with Gasteiger partial charge >= 0.3 is 5.97 Å². The van der Waals surface area contributed by atoms with Crippen LogP contribution in [0.3, 0.4) is 0 Å². The van der Waals surface area contributed by atoms with Crippen LogP contribution < -0.4 is 10.0 Å². The zero-order valence-electron chi connectivity index (χ0n) is 13.0. The minimum absolute atomic E-state index is 0.0482. The lowest BCUT2D eigenvalue weighted by Crippen LogP contribution is -2.41. The van der Waals surface area contributed by atoms with Gasteiger partial charge in [0.2, 0.25) is 10.0 Å². The number of carboxylic acids is 1. The molecule has 1 aromatic rings. The van der Waals surface area contributed by atoms with Gasteiger partial charge in [0.05, 0.1) is 11.9 Å². The van der Waals surface area contributed by atoms with Crippen molar-refractivity contribution in [1.29, 1.82) is 0 Å². The molecule has 1 rings (SSSR count). The van der Waals surface area contributed by atoms with Gasteiger partial charge in [-0.25, -0.2) is 17.6 Å². The van der Waals surface area contributed by atoms with Gasteiger partial charge in [0.25, 0.3) is 5.91 Å². The highest BCUT2D eigenvalue weighted by atomic mass is 32.2. The zero-order valence-corrected chi connectivity index (χ0v) is 13.8. The molecule has 0 aliphatic heterocycles. The molecule has 0 bridgehead atoms. The Bertz CT molecular complexity index is 703. The highest BCUT2D eigenvalue weighted by Gasteiger charge is 2.22. The topological polar surface area (TPSA) is 113 Å². The fraction of sp³-hybridized carbons (Fsp3) is 0.429. The predicted molar refractivity (Wildman–Crippen MR) is 83.2 cm³/mol. The summed E-state index contributed by atoms with van der Waals surface area (Å²) in [5.41, 5.74) is -0.427. The summed E-state index contributed by atoms with van der Waals surface area (Å²) < 4.78 is 37.9. The maximum absolute atomic E-state index is 13.6. The Labute approximate surface area is 133 Å². The van der Waals surface area contributed by atoms with Gasteiger partial charge in [-0.15, -0.1) is 0 Å². The van der Waals surface area contributed by atoms with E-state index < -0.39 is 33.8 Å². The van der Waals surface area contributed by atoms with Gasteiger partial charge in [0.15, 0.2) is 0 Å². The summed E-state index contributed by atoms with van der Waals surface area (Å²) in [6.45, 7) is 3.63. The molecule has 0 radical (unpaired) electrons. The van der Waals surface area contributed by atoms with Crippen molar-refractivity contribution in [2.45, 2.75) is 26.3 Å². The van der Waals surface area contributed by atoms with Crippen LogP contribution in [-0.4, -0.2) is 37.7 Å². The molecule has 0 aliphatic carbocycles. The number of hydrogen-bond acceptors (Lipinski definition) is 4. The number of amides is 1. The van der Waals surface area contributed by atoms with Crippen molar-refractivity contribution < 1.29 is 27.5 Å². The van der Waals surface area contributed by atoms with Crippen molar-refractivity contribution >= 4 is 27.6 Å². The van der Waals surface area contributed by atoms with Crippen LogP contribution in [0.2, 0.25) is 0 Å². The van der Waals surface area contributed by atoms with Gasteiger partial charge in [-0.3, -0.25) is 9.52 Å². The summed E-state index contributed by atoms with van der Waals surface area (Å²) in [6.07, 6.45) is 1.08. The molecule has 23 heavy (non-hydrogen) atoms. The number of anilines is 1. The van der Waals surface area contributed by atoms with E-state index in [9.17, 15) is 22.4 Å². The molecule has 9 heteroatoms. The maximum Gasteiger partial charge on any atom is 0.326 e. The number of carboxylic acid groups (broad SMARTS) is 1. The number of carbonyl (C=O) groups is 2. The molecule has 1 amide bonds. The number of carbonyl (C=O) groups excluding carboxylic acids is 1. The number of halogens is 1. The molecule has 0 aromatic heterocycles. The highest BCUT2D eigenvalue weighted by molar-refractivity contribution is 7.92. The number of aliphatic carboxylic acids is 1. The van der Waals surface area contributed by atoms with Crippen LogP contribution in [0.4, 0.5) is 10.1 Å². The number of benzene rings is 1. The lowest BCUT2D eigenvalue weighted by Gasteiger charge is -2.17. The summed E-state index contributed by atoms with van der Waals surface area (Å²) in [5, 5.41) is 11.4. The smallest absolute Gasteiger partial charge is 0.326 e. The lowest BCUT2D eigenvalue weighted by molar-refractivity contribution is -0.139. The van der Waals surface area contributed by atoms with Crippen LogP contribution in [0, 0.1) is 11.7 Å². The molecule has 1 atom stereocenters. The van der Waals surface area contributed by atoms with Crippen molar-refractivity contribution in [3.63, 3.8) is 0 Å². The first-order chi connectivity index (χ1) is 10.5. The summed E-state index contributed by atoms with van der Waals surface area (Å²) in [7, 11) is -3.71. The van der Waals surface area contributed by atoms with E-state index in [1.807, 2.05) is 18.6 Å². The highest BCUT2D eigenvalue weighted by Crippen LogP contribution is 2.17. The Morgan fingerprint density at radius 1 is 1.30 bits per heavy atom. The fourth-order valence-corrected chi connectivity index (χ4v) is 2.43. The van der Waals surface area contributed by atoms with Crippen LogP contribution >= 0.6 is 0 Å². The first-order valence-corrected chi connectivity index (χ1v) is 8.69. The molecule has 3 N–H and O–H groups in total. The van der Waals surface area contributed by atoms with Gasteiger partial charge in [0, 0.05) is 5.56 Å². The average molecular weight is 346 g/mol. The molecule has 1 aromatic carbocycles. The van der Waals surface area contributed by atoms with Crippen molar-refractivity contribution in [2.75, 3.05) is 11.0 Å². The third-order valence-electron chi connectivity index (χ3n) is 2.83. The van der Waals surface area contributed by atoms with E-state index >= 15 is 0 Å². The van der Waals surface area contributed by atoms with E-state index in [4.69, 9.17) is 5.11 Å². The van der Waals surface area contributed by atoms with Gasteiger partial charge in [-0.1, -0.05) is 13.8 Å². The normalized spacial score (nSPS) is 12.7. The Hall–Kier alpha value is -2.16. The first kappa shape index (κ1) is 18.9. The van der Waals surface area contributed by atoms with Gasteiger partial charge in [0.1, 0.15) is 11.9 Å². The van der Waals surface area contributed by atoms with Gasteiger partial charge < -0.3 is 10.4 Å². The van der Waals surface area contributed by atoms with Crippen LogP contribution in [0.1, 0.15) is 30.6 Å². The van der Waals surface area contributed by atoms with Crippen LogP contribution in [0.5, 0.6) is 0 Å². The maximum atomic E-state index is 13.6. The lowest BCUT2D eigenvalue weighted by atomic mass is 10.0. The van der Waals surface area contributed by atoms with Gasteiger partial charge in [-0.05, 0) is 30.5 Å². The van der Waals surface area contributed by atoms with Crippen molar-refractivity contribution in [1.82, 2.24) is 5.32 Å². The fourth-order valence-electron chi connectivity index (χ4n) is 1.88. The second-order valence-electron chi connectivity index (χ2n) is 5.56. The zero-order chi connectivity index (χ0) is 17.8. The molecular formula is C14H19FN2O5S. The van der Waals surface area contributed by atoms with E-state index in [0.29, 0.717) is 0 Å². The number of sulfonamides is 1. The number of nitrogens with one attached hydrogen (secondary N) is 2. The standard InChI is InChI=1S/C14H19FN2O5S/c1-8(2)6-12(14(19)20)16-13(18)9-4-5-10(15)11(7-9)17-23(3,21)22/h4-5,7-8,12,17H,6H2,1-3H3,(H,16,18)(H,19,20)/t12-/m1/s1. The molecule has 0 unspecified atom stereocenters. The molecule has 0 saturated heterocycles. The minimum Gasteiger partial charge on any atom is -0.480 e. The average Bonchev–Trinajstić information content (AvgIpc) is 2.38. The second kappa shape index (κ2) is 7.40. The van der Waals surface area contributed by atoms with E-state index in [2.05, 4.69) is 5.32 Å². The molecule has 0 spiro atoms. The quantitative estimate of drug-likeness (QED) is 0.691. The van der Waals surface area contributed by atoms with E-state index in [1.54, 1.807) is 0 Å². The van der Waals surface area contributed by atoms with Gasteiger partial charge in [-0.2, -0.15) is 0 Å². The summed E-state index contributed by atoms with van der Waals surface area (Å²) >= 11 is 0.